The van der Waals surface area contributed by atoms with Crippen molar-refractivity contribution in [2.45, 2.75) is 6.42 Å². The lowest BCUT2D eigenvalue weighted by atomic mass is 10.3. The van der Waals surface area contributed by atoms with Crippen molar-refractivity contribution in [1.29, 1.82) is 0 Å². The van der Waals surface area contributed by atoms with Crippen molar-refractivity contribution in [3.63, 3.8) is 0 Å². The molecular weight excluding hydrogens is 252 g/mol. The number of nitrogens with two attached hydrogens (primary N) is 1. The van der Waals surface area contributed by atoms with Crippen LogP contribution in [0.25, 0.3) is 0 Å². The number of ether oxygens (including phenoxy) is 2. The Morgan fingerprint density at radius 3 is 3.00 bits per heavy atom. The number of hydrogen-bond donors (Lipinski definition) is 2. The third kappa shape index (κ3) is 5.35. The number of hydrogen-bond acceptors (Lipinski definition) is 6. The monoisotopic (exact) mass is 270 g/mol. The smallest absolute Gasteiger partial charge is 0.158 e. The Labute approximate surface area is 112 Å². The summed E-state index contributed by atoms with van der Waals surface area (Å²) in [6.07, 6.45) is 2.42. The minimum atomic E-state index is 0.309. The molecular formula is C11H18N4O2S. The average molecular weight is 270 g/mol. The second-order valence-corrected chi connectivity index (χ2v) is 3.98. The van der Waals surface area contributed by atoms with Crippen LogP contribution in [0, 0.1) is 0 Å². The Bertz CT molecular complexity index is 376. The van der Waals surface area contributed by atoms with E-state index in [0.717, 1.165) is 13.0 Å². The maximum atomic E-state index is 5.58. The standard InChI is InChI=1S/C11H18N4O2S/c1-16-7-8-17-6-2-4-13-11-9(10(12)18)3-5-14-15-11/h3,5H,2,4,6-8H2,1H3,(H2,12,18)(H,13,15). The zero-order valence-corrected chi connectivity index (χ0v) is 11.2. The number of nitrogens with one attached hydrogen (secondary N) is 1. The first-order valence-electron chi connectivity index (χ1n) is 5.67. The maximum Gasteiger partial charge on any atom is 0.158 e. The number of aromatic nitrogens is 2. The number of methoxy groups -OCH3 is 1. The molecule has 6 nitrogen and oxygen atoms in total. The summed E-state index contributed by atoms with van der Waals surface area (Å²) in [5.41, 5.74) is 6.29. The largest absolute Gasteiger partial charge is 0.389 e. The van der Waals surface area contributed by atoms with Gasteiger partial charge in [0.05, 0.1) is 25.0 Å². The molecule has 0 aliphatic rings. The summed E-state index contributed by atoms with van der Waals surface area (Å²) in [6.45, 7) is 2.61. The molecule has 1 heterocycles. The third-order valence-electron chi connectivity index (χ3n) is 2.18. The fourth-order valence-electron chi connectivity index (χ4n) is 1.29. The minimum absolute atomic E-state index is 0.309. The van der Waals surface area contributed by atoms with E-state index in [4.69, 9.17) is 27.4 Å². The van der Waals surface area contributed by atoms with Gasteiger partial charge in [0.25, 0.3) is 0 Å². The Balaban J connectivity index is 2.25. The highest BCUT2D eigenvalue weighted by molar-refractivity contribution is 7.80. The molecule has 0 unspecified atom stereocenters. The van der Waals surface area contributed by atoms with Crippen molar-refractivity contribution >= 4 is 23.0 Å². The van der Waals surface area contributed by atoms with Crippen LogP contribution >= 0.6 is 12.2 Å². The van der Waals surface area contributed by atoms with E-state index in [0.29, 0.717) is 36.2 Å². The zero-order chi connectivity index (χ0) is 13.2. The van der Waals surface area contributed by atoms with E-state index >= 15 is 0 Å². The van der Waals surface area contributed by atoms with E-state index in [1.807, 2.05) is 0 Å². The second kappa shape index (κ2) is 8.73. The molecule has 0 atom stereocenters. The van der Waals surface area contributed by atoms with Crippen molar-refractivity contribution in [2.75, 3.05) is 38.8 Å². The molecule has 0 amide bonds. The van der Waals surface area contributed by atoms with Gasteiger partial charge in [-0.3, -0.25) is 0 Å². The van der Waals surface area contributed by atoms with Crippen LogP contribution in [0.5, 0.6) is 0 Å². The fraction of sp³-hybridized carbons (Fsp3) is 0.545. The van der Waals surface area contributed by atoms with Crippen molar-refractivity contribution in [3.8, 4) is 0 Å². The first-order chi connectivity index (χ1) is 8.75. The molecule has 0 aliphatic carbocycles. The summed E-state index contributed by atoms with van der Waals surface area (Å²) >= 11 is 4.93. The van der Waals surface area contributed by atoms with Crippen LogP contribution < -0.4 is 11.1 Å². The number of anilines is 1. The van der Waals surface area contributed by atoms with E-state index in [9.17, 15) is 0 Å². The summed E-state index contributed by atoms with van der Waals surface area (Å²) in [6, 6.07) is 1.74. The second-order valence-electron chi connectivity index (χ2n) is 3.54. The highest BCUT2D eigenvalue weighted by Gasteiger charge is 2.05. The van der Waals surface area contributed by atoms with Crippen molar-refractivity contribution in [1.82, 2.24) is 10.2 Å². The molecule has 0 aromatic carbocycles. The van der Waals surface area contributed by atoms with Crippen LogP contribution in [0.4, 0.5) is 5.82 Å². The van der Waals surface area contributed by atoms with Gasteiger partial charge in [-0.15, -0.1) is 5.10 Å². The minimum Gasteiger partial charge on any atom is -0.389 e. The third-order valence-corrected chi connectivity index (χ3v) is 2.40. The van der Waals surface area contributed by atoms with Crippen molar-refractivity contribution in [2.24, 2.45) is 5.73 Å². The Morgan fingerprint density at radius 2 is 2.28 bits per heavy atom. The summed E-state index contributed by atoms with van der Waals surface area (Å²) in [7, 11) is 1.65. The van der Waals surface area contributed by atoms with E-state index < -0.39 is 0 Å². The molecule has 1 aromatic heterocycles. The summed E-state index contributed by atoms with van der Waals surface area (Å²) in [5.74, 6) is 0.613. The number of nitrogens with zero attached hydrogens (tertiary/aromatic N) is 2. The van der Waals surface area contributed by atoms with E-state index in [2.05, 4.69) is 15.5 Å². The maximum absolute atomic E-state index is 5.58. The van der Waals surface area contributed by atoms with Crippen LogP contribution in [-0.4, -0.2) is 48.7 Å². The van der Waals surface area contributed by atoms with Crippen LogP contribution in [0.3, 0.4) is 0 Å². The van der Waals surface area contributed by atoms with E-state index in [1.165, 1.54) is 0 Å². The van der Waals surface area contributed by atoms with Gasteiger partial charge in [-0.25, -0.2) is 0 Å². The Kier molecular flexibility index (Phi) is 7.16. The van der Waals surface area contributed by atoms with Crippen LogP contribution in [0.1, 0.15) is 12.0 Å². The van der Waals surface area contributed by atoms with Gasteiger partial charge in [-0.1, -0.05) is 12.2 Å². The van der Waals surface area contributed by atoms with Gasteiger partial charge in [-0.2, -0.15) is 5.10 Å². The molecule has 0 radical (unpaired) electrons. The first kappa shape index (κ1) is 14.7. The predicted octanol–water partition coefficient (Wildman–Crippen LogP) is 0.576. The highest BCUT2D eigenvalue weighted by Crippen LogP contribution is 2.09. The first-order valence-corrected chi connectivity index (χ1v) is 6.08. The SMILES string of the molecule is COCCOCCCNc1nnccc1C(N)=S. The van der Waals surface area contributed by atoms with Crippen LogP contribution in [0.2, 0.25) is 0 Å². The van der Waals surface area contributed by atoms with Crippen molar-refractivity contribution < 1.29 is 9.47 Å². The lowest BCUT2D eigenvalue weighted by molar-refractivity contribution is 0.0705. The summed E-state index contributed by atoms with van der Waals surface area (Å²) < 4.78 is 10.2. The van der Waals surface area contributed by atoms with Gasteiger partial charge in [-0.05, 0) is 12.5 Å². The lowest BCUT2D eigenvalue weighted by Crippen LogP contribution is -2.16. The van der Waals surface area contributed by atoms with Gasteiger partial charge in [0.2, 0.25) is 0 Å². The molecule has 0 fully saturated rings. The topological polar surface area (TPSA) is 82.3 Å². The van der Waals surface area contributed by atoms with Gasteiger partial charge in [0.15, 0.2) is 5.82 Å². The molecule has 0 spiro atoms. The van der Waals surface area contributed by atoms with Crippen LogP contribution in [0.15, 0.2) is 12.3 Å². The number of rotatable bonds is 9. The Morgan fingerprint density at radius 1 is 1.44 bits per heavy atom. The summed E-state index contributed by atoms with van der Waals surface area (Å²) in [4.78, 5) is 0.309. The number of thiocarbonyl (C=S) groups is 1. The van der Waals surface area contributed by atoms with Gasteiger partial charge < -0.3 is 20.5 Å². The molecule has 0 saturated heterocycles. The molecule has 0 saturated carbocycles. The molecule has 7 heteroatoms. The molecule has 100 valence electrons. The molecule has 18 heavy (non-hydrogen) atoms. The quantitative estimate of drug-likeness (QED) is 0.501. The van der Waals surface area contributed by atoms with Gasteiger partial charge in [0.1, 0.15) is 4.99 Å². The van der Waals surface area contributed by atoms with E-state index in [1.54, 1.807) is 19.4 Å². The van der Waals surface area contributed by atoms with Crippen LogP contribution in [-0.2, 0) is 9.47 Å². The molecule has 3 N–H and O–H groups in total. The lowest BCUT2D eigenvalue weighted by Gasteiger charge is -2.09. The summed E-state index contributed by atoms with van der Waals surface area (Å²) in [5, 5.41) is 10.9. The van der Waals surface area contributed by atoms with Gasteiger partial charge in [0, 0.05) is 20.3 Å². The van der Waals surface area contributed by atoms with E-state index in [-0.39, 0.29) is 0 Å². The molecule has 1 rings (SSSR count). The fourth-order valence-corrected chi connectivity index (χ4v) is 1.45. The highest BCUT2D eigenvalue weighted by atomic mass is 32.1. The molecule has 0 bridgehead atoms. The Hall–Kier alpha value is -1.31. The van der Waals surface area contributed by atoms with Gasteiger partial charge >= 0.3 is 0 Å². The predicted molar refractivity (Wildman–Crippen MR) is 73.7 cm³/mol. The zero-order valence-electron chi connectivity index (χ0n) is 10.4. The van der Waals surface area contributed by atoms with Crippen molar-refractivity contribution in [3.05, 3.63) is 17.8 Å². The molecule has 0 aliphatic heterocycles. The normalized spacial score (nSPS) is 10.3. The average Bonchev–Trinajstić information content (AvgIpc) is 2.38. The molecule has 1 aromatic rings.